The molecule has 0 aromatic heterocycles. The number of rotatable bonds is 10. The number of benzene rings is 1. The number of anilines is 1. The average molecular weight is 269 g/mol. The lowest BCUT2D eigenvalue weighted by molar-refractivity contribution is 0.0182. The second-order valence-electron chi connectivity index (χ2n) is 4.03. The molecule has 0 heterocycles. The number of methoxy groups -OCH3 is 1. The summed E-state index contributed by atoms with van der Waals surface area (Å²) in [7, 11) is 1.62. The molecule has 0 aliphatic carbocycles. The van der Waals surface area contributed by atoms with Crippen LogP contribution in [0.3, 0.4) is 0 Å². The summed E-state index contributed by atoms with van der Waals surface area (Å²) in [6.45, 7) is 4.28. The lowest BCUT2D eigenvalue weighted by Crippen LogP contribution is -2.25. The van der Waals surface area contributed by atoms with Gasteiger partial charge in [0.15, 0.2) is 0 Å². The van der Waals surface area contributed by atoms with Gasteiger partial charge in [-0.1, -0.05) is 12.1 Å². The second kappa shape index (κ2) is 9.61. The highest BCUT2D eigenvalue weighted by Crippen LogP contribution is 2.23. The molecule has 0 aliphatic rings. The third-order valence-electron chi connectivity index (χ3n) is 2.46. The lowest BCUT2D eigenvalue weighted by atomic mass is 10.2. The van der Waals surface area contributed by atoms with E-state index in [4.69, 9.17) is 14.2 Å². The summed E-state index contributed by atoms with van der Waals surface area (Å²) in [6.07, 6.45) is -0.563. The van der Waals surface area contributed by atoms with Crippen LogP contribution in [0.2, 0.25) is 0 Å². The van der Waals surface area contributed by atoms with Crippen molar-refractivity contribution in [2.24, 2.45) is 0 Å². The Kier molecular flexibility index (Phi) is 7.97. The summed E-state index contributed by atoms with van der Waals surface area (Å²) in [5, 5.41) is 12.9. The number of ether oxygens (including phenoxy) is 3. The van der Waals surface area contributed by atoms with E-state index >= 15 is 0 Å². The summed E-state index contributed by atoms with van der Waals surface area (Å²) >= 11 is 0. The van der Waals surface area contributed by atoms with Crippen molar-refractivity contribution in [3.05, 3.63) is 24.3 Å². The summed E-state index contributed by atoms with van der Waals surface area (Å²) in [6, 6.07) is 7.66. The van der Waals surface area contributed by atoms with Crippen LogP contribution in [0.25, 0.3) is 0 Å². The fourth-order valence-electron chi connectivity index (χ4n) is 1.54. The molecule has 0 fully saturated rings. The first-order valence-electron chi connectivity index (χ1n) is 6.48. The molecule has 5 nitrogen and oxygen atoms in total. The number of hydrogen-bond acceptors (Lipinski definition) is 5. The highest BCUT2D eigenvalue weighted by molar-refractivity contribution is 5.56. The topological polar surface area (TPSA) is 60.0 Å². The van der Waals surface area contributed by atoms with E-state index in [1.807, 2.05) is 31.2 Å². The van der Waals surface area contributed by atoms with Crippen LogP contribution in [0.5, 0.6) is 5.75 Å². The van der Waals surface area contributed by atoms with E-state index in [0.29, 0.717) is 26.4 Å². The third kappa shape index (κ3) is 6.42. The fraction of sp³-hybridized carbons (Fsp3) is 0.571. The zero-order valence-corrected chi connectivity index (χ0v) is 11.6. The van der Waals surface area contributed by atoms with Crippen molar-refractivity contribution in [3.8, 4) is 5.75 Å². The van der Waals surface area contributed by atoms with E-state index in [0.717, 1.165) is 11.4 Å². The largest absolute Gasteiger partial charge is 0.492 e. The van der Waals surface area contributed by atoms with E-state index in [1.54, 1.807) is 7.11 Å². The van der Waals surface area contributed by atoms with Crippen LogP contribution in [-0.2, 0) is 9.47 Å². The molecule has 1 aromatic rings. The Balaban J connectivity index is 2.31. The highest BCUT2D eigenvalue weighted by atomic mass is 16.5. The van der Waals surface area contributed by atoms with Crippen molar-refractivity contribution in [3.63, 3.8) is 0 Å². The Hall–Kier alpha value is -1.30. The Morgan fingerprint density at radius 2 is 2.05 bits per heavy atom. The van der Waals surface area contributed by atoms with E-state index in [-0.39, 0.29) is 6.61 Å². The summed E-state index contributed by atoms with van der Waals surface area (Å²) in [5.74, 6) is 0.789. The molecule has 0 saturated heterocycles. The van der Waals surface area contributed by atoms with Crippen molar-refractivity contribution in [1.29, 1.82) is 0 Å². The van der Waals surface area contributed by atoms with Crippen LogP contribution in [0.15, 0.2) is 24.3 Å². The van der Waals surface area contributed by atoms with Gasteiger partial charge in [0.25, 0.3) is 0 Å². The molecule has 108 valence electrons. The van der Waals surface area contributed by atoms with Gasteiger partial charge in [-0.05, 0) is 19.1 Å². The number of aliphatic hydroxyl groups excluding tert-OH is 1. The Labute approximate surface area is 114 Å². The minimum absolute atomic E-state index is 0.285. The molecule has 1 rings (SSSR count). The maximum atomic E-state index is 9.76. The van der Waals surface area contributed by atoms with Gasteiger partial charge >= 0.3 is 0 Å². The quantitative estimate of drug-likeness (QED) is 0.631. The van der Waals surface area contributed by atoms with Crippen molar-refractivity contribution in [1.82, 2.24) is 0 Å². The molecule has 2 N–H and O–H groups in total. The van der Waals surface area contributed by atoms with Gasteiger partial charge in [-0.25, -0.2) is 0 Å². The Bertz CT molecular complexity index is 346. The van der Waals surface area contributed by atoms with Gasteiger partial charge in [0.2, 0.25) is 0 Å². The van der Waals surface area contributed by atoms with Crippen LogP contribution in [0.1, 0.15) is 6.92 Å². The first-order chi connectivity index (χ1) is 9.27. The lowest BCUT2D eigenvalue weighted by Gasteiger charge is -2.15. The minimum Gasteiger partial charge on any atom is -0.492 e. The molecule has 19 heavy (non-hydrogen) atoms. The molecule has 0 bridgehead atoms. The van der Waals surface area contributed by atoms with Crippen molar-refractivity contribution < 1.29 is 19.3 Å². The molecule has 0 saturated carbocycles. The smallest absolute Gasteiger partial charge is 0.142 e. The first-order valence-corrected chi connectivity index (χ1v) is 6.48. The molecule has 0 amide bonds. The van der Waals surface area contributed by atoms with Gasteiger partial charge in [0.05, 0.1) is 38.2 Å². The maximum absolute atomic E-state index is 9.76. The van der Waals surface area contributed by atoms with Gasteiger partial charge in [-0.15, -0.1) is 0 Å². The van der Waals surface area contributed by atoms with Gasteiger partial charge in [-0.2, -0.15) is 0 Å². The van der Waals surface area contributed by atoms with Crippen molar-refractivity contribution in [2.75, 3.05) is 45.4 Å². The van der Waals surface area contributed by atoms with Crippen LogP contribution < -0.4 is 10.1 Å². The number of nitrogens with one attached hydrogen (secondary N) is 1. The molecule has 1 unspecified atom stereocenters. The minimum atomic E-state index is -0.563. The number of aliphatic hydroxyl groups is 1. The van der Waals surface area contributed by atoms with Gasteiger partial charge in [0.1, 0.15) is 5.75 Å². The zero-order valence-electron chi connectivity index (χ0n) is 11.6. The normalized spacial score (nSPS) is 12.2. The van der Waals surface area contributed by atoms with E-state index in [1.165, 1.54) is 0 Å². The fourth-order valence-corrected chi connectivity index (χ4v) is 1.54. The van der Waals surface area contributed by atoms with Crippen LogP contribution in [0.4, 0.5) is 5.69 Å². The monoisotopic (exact) mass is 269 g/mol. The molecule has 0 spiro atoms. The SMILES string of the molecule is CCOc1ccccc1NCC(O)COCCOC. The Morgan fingerprint density at radius 1 is 1.26 bits per heavy atom. The van der Waals surface area contributed by atoms with E-state index in [2.05, 4.69) is 5.32 Å². The second-order valence-corrected chi connectivity index (χ2v) is 4.03. The standard InChI is InChI=1S/C14H23NO4/c1-3-19-14-7-5-4-6-13(14)15-10-12(16)11-18-9-8-17-2/h4-7,12,15-16H,3,8-11H2,1-2H3. The Morgan fingerprint density at radius 3 is 2.79 bits per heavy atom. The maximum Gasteiger partial charge on any atom is 0.142 e. The summed E-state index contributed by atoms with van der Waals surface area (Å²) in [4.78, 5) is 0. The molecular weight excluding hydrogens is 246 g/mol. The summed E-state index contributed by atoms with van der Waals surface area (Å²) in [5.41, 5.74) is 0.875. The molecule has 0 aliphatic heterocycles. The molecule has 0 radical (unpaired) electrons. The highest BCUT2D eigenvalue weighted by Gasteiger charge is 2.06. The predicted molar refractivity (Wildman–Crippen MR) is 74.8 cm³/mol. The predicted octanol–water partition coefficient (Wildman–Crippen LogP) is 1.52. The van der Waals surface area contributed by atoms with Gasteiger partial charge in [-0.3, -0.25) is 0 Å². The number of para-hydroxylation sites is 2. The van der Waals surface area contributed by atoms with Crippen LogP contribution >= 0.6 is 0 Å². The average Bonchev–Trinajstić information content (AvgIpc) is 2.43. The zero-order chi connectivity index (χ0) is 13.9. The van der Waals surface area contributed by atoms with E-state index < -0.39 is 6.10 Å². The van der Waals surface area contributed by atoms with Crippen LogP contribution in [0, 0.1) is 0 Å². The molecular formula is C14H23NO4. The van der Waals surface area contributed by atoms with Crippen molar-refractivity contribution >= 4 is 5.69 Å². The van der Waals surface area contributed by atoms with Crippen molar-refractivity contribution in [2.45, 2.75) is 13.0 Å². The summed E-state index contributed by atoms with van der Waals surface area (Å²) < 4.78 is 15.6. The van der Waals surface area contributed by atoms with E-state index in [9.17, 15) is 5.11 Å². The molecule has 1 atom stereocenters. The molecule has 5 heteroatoms. The third-order valence-corrected chi connectivity index (χ3v) is 2.46. The van der Waals surface area contributed by atoms with Crippen LogP contribution in [-0.4, -0.2) is 51.3 Å². The van der Waals surface area contributed by atoms with Gasteiger partial charge in [0, 0.05) is 13.7 Å². The number of hydrogen-bond donors (Lipinski definition) is 2. The first kappa shape index (κ1) is 15.8. The molecule has 1 aromatic carbocycles. The van der Waals surface area contributed by atoms with Gasteiger partial charge < -0.3 is 24.6 Å².